The predicted octanol–water partition coefficient (Wildman–Crippen LogP) is 2.42. The number of hydrogen-bond donors (Lipinski definition) is 1. The standard InChI is InChI=1S/C13H23N3O/c1-9(2)11-7-17-8-16(11)12(10(3)4)13-14-5-6-15-13/h5-6,9-12H,7-8H2,1-4H3,(H,14,15)/t11-,12-/m1/s1. The molecule has 1 saturated heterocycles. The van der Waals surface area contributed by atoms with Gasteiger partial charge in [0.25, 0.3) is 0 Å². The van der Waals surface area contributed by atoms with Gasteiger partial charge in [-0.1, -0.05) is 27.7 Å². The maximum Gasteiger partial charge on any atom is 0.123 e. The van der Waals surface area contributed by atoms with E-state index in [0.717, 1.165) is 12.4 Å². The minimum absolute atomic E-state index is 0.319. The molecular formula is C13H23N3O. The Hall–Kier alpha value is -0.870. The minimum Gasteiger partial charge on any atom is -0.364 e. The molecule has 1 aliphatic heterocycles. The molecule has 96 valence electrons. The van der Waals surface area contributed by atoms with Crippen molar-refractivity contribution in [2.24, 2.45) is 11.8 Å². The molecule has 0 saturated carbocycles. The number of imidazole rings is 1. The smallest absolute Gasteiger partial charge is 0.123 e. The Balaban J connectivity index is 2.22. The van der Waals surface area contributed by atoms with E-state index in [1.54, 1.807) is 0 Å². The van der Waals surface area contributed by atoms with Gasteiger partial charge in [0.05, 0.1) is 19.4 Å². The van der Waals surface area contributed by atoms with Gasteiger partial charge in [0.1, 0.15) is 5.82 Å². The number of aromatic amines is 1. The molecule has 0 radical (unpaired) electrons. The van der Waals surface area contributed by atoms with Gasteiger partial charge in [0.2, 0.25) is 0 Å². The lowest BCUT2D eigenvalue weighted by Gasteiger charge is -2.34. The van der Waals surface area contributed by atoms with Gasteiger partial charge in [-0.15, -0.1) is 0 Å². The number of H-pyrrole nitrogens is 1. The average Bonchev–Trinajstić information content (AvgIpc) is 2.87. The molecule has 2 atom stereocenters. The number of ether oxygens (including phenoxy) is 1. The molecule has 1 aromatic heterocycles. The van der Waals surface area contributed by atoms with Gasteiger partial charge < -0.3 is 9.72 Å². The van der Waals surface area contributed by atoms with Gasteiger partial charge >= 0.3 is 0 Å². The van der Waals surface area contributed by atoms with Crippen LogP contribution in [0.1, 0.15) is 39.6 Å². The van der Waals surface area contributed by atoms with Crippen LogP contribution in [0, 0.1) is 11.8 Å². The third-order valence-electron chi connectivity index (χ3n) is 3.51. The van der Waals surface area contributed by atoms with Crippen molar-refractivity contribution >= 4 is 0 Å². The zero-order valence-electron chi connectivity index (χ0n) is 11.2. The minimum atomic E-state index is 0.319. The molecule has 4 heteroatoms. The topological polar surface area (TPSA) is 41.1 Å². The fraction of sp³-hybridized carbons (Fsp3) is 0.769. The van der Waals surface area contributed by atoms with E-state index < -0.39 is 0 Å². The molecule has 1 N–H and O–H groups in total. The third kappa shape index (κ3) is 2.53. The summed E-state index contributed by atoms with van der Waals surface area (Å²) in [6.45, 7) is 10.5. The summed E-state index contributed by atoms with van der Waals surface area (Å²) in [4.78, 5) is 10.1. The lowest BCUT2D eigenvalue weighted by molar-refractivity contribution is 0.0728. The molecule has 0 unspecified atom stereocenters. The summed E-state index contributed by atoms with van der Waals surface area (Å²) in [6, 6.07) is 0.812. The molecule has 1 fully saturated rings. The largest absolute Gasteiger partial charge is 0.364 e. The molecule has 1 aliphatic rings. The third-order valence-corrected chi connectivity index (χ3v) is 3.51. The van der Waals surface area contributed by atoms with Crippen LogP contribution >= 0.6 is 0 Å². The van der Waals surface area contributed by atoms with E-state index >= 15 is 0 Å². The molecule has 0 bridgehead atoms. The molecule has 1 aromatic rings. The molecule has 2 rings (SSSR count). The van der Waals surface area contributed by atoms with Crippen LogP contribution in [0.15, 0.2) is 12.4 Å². The van der Waals surface area contributed by atoms with Crippen molar-refractivity contribution in [2.75, 3.05) is 13.3 Å². The second kappa shape index (κ2) is 5.19. The molecule has 17 heavy (non-hydrogen) atoms. The SMILES string of the molecule is CC(C)[C@H]1COCN1[C@@H](c1ncc[nH]1)C(C)C. The Kier molecular flexibility index (Phi) is 3.84. The molecule has 0 amide bonds. The molecule has 0 aliphatic carbocycles. The van der Waals surface area contributed by atoms with Gasteiger partial charge in [-0.3, -0.25) is 4.90 Å². The van der Waals surface area contributed by atoms with Crippen molar-refractivity contribution in [3.05, 3.63) is 18.2 Å². The first-order valence-corrected chi connectivity index (χ1v) is 6.44. The first kappa shape index (κ1) is 12.6. The number of rotatable bonds is 4. The van der Waals surface area contributed by atoms with Crippen LogP contribution in [0.5, 0.6) is 0 Å². The van der Waals surface area contributed by atoms with Crippen molar-refractivity contribution in [3.63, 3.8) is 0 Å². The zero-order valence-corrected chi connectivity index (χ0v) is 11.2. The van der Waals surface area contributed by atoms with Crippen LogP contribution in [0.25, 0.3) is 0 Å². The predicted molar refractivity (Wildman–Crippen MR) is 67.5 cm³/mol. The van der Waals surface area contributed by atoms with Gasteiger partial charge in [0.15, 0.2) is 0 Å². The summed E-state index contributed by atoms with van der Waals surface area (Å²) in [5.41, 5.74) is 0. The summed E-state index contributed by atoms with van der Waals surface area (Å²) in [5, 5.41) is 0. The van der Waals surface area contributed by atoms with E-state index in [9.17, 15) is 0 Å². The lowest BCUT2D eigenvalue weighted by atomic mass is 9.97. The van der Waals surface area contributed by atoms with Gasteiger partial charge in [-0.2, -0.15) is 0 Å². The quantitative estimate of drug-likeness (QED) is 0.874. The van der Waals surface area contributed by atoms with Crippen LogP contribution in [-0.4, -0.2) is 34.2 Å². The van der Waals surface area contributed by atoms with Crippen LogP contribution in [0.2, 0.25) is 0 Å². The van der Waals surface area contributed by atoms with E-state index in [-0.39, 0.29) is 0 Å². The summed E-state index contributed by atoms with van der Waals surface area (Å²) >= 11 is 0. The highest BCUT2D eigenvalue weighted by atomic mass is 16.5. The summed E-state index contributed by atoms with van der Waals surface area (Å²) in [5.74, 6) is 2.17. The van der Waals surface area contributed by atoms with Gasteiger partial charge in [-0.05, 0) is 11.8 Å². The normalized spacial score (nSPS) is 23.8. The van der Waals surface area contributed by atoms with E-state index in [1.165, 1.54) is 0 Å². The van der Waals surface area contributed by atoms with Crippen molar-refractivity contribution in [2.45, 2.75) is 39.8 Å². The highest BCUT2D eigenvalue weighted by molar-refractivity contribution is 5.00. The first-order chi connectivity index (χ1) is 8.11. The molecule has 0 spiro atoms. The molecule has 2 heterocycles. The average molecular weight is 237 g/mol. The Morgan fingerprint density at radius 1 is 1.41 bits per heavy atom. The Labute approximate surface area is 103 Å². The Morgan fingerprint density at radius 2 is 2.18 bits per heavy atom. The lowest BCUT2D eigenvalue weighted by Crippen LogP contribution is -2.40. The molecule has 0 aromatic carbocycles. The number of nitrogens with zero attached hydrogens (tertiary/aromatic N) is 2. The van der Waals surface area contributed by atoms with E-state index in [4.69, 9.17) is 4.74 Å². The fourth-order valence-electron chi connectivity index (χ4n) is 2.63. The van der Waals surface area contributed by atoms with Gasteiger partial charge in [-0.25, -0.2) is 4.98 Å². The second-order valence-electron chi connectivity index (χ2n) is 5.49. The summed E-state index contributed by atoms with van der Waals surface area (Å²) < 4.78 is 5.64. The number of nitrogens with one attached hydrogen (secondary N) is 1. The van der Waals surface area contributed by atoms with E-state index in [1.807, 2.05) is 12.4 Å². The van der Waals surface area contributed by atoms with Crippen molar-refractivity contribution in [3.8, 4) is 0 Å². The van der Waals surface area contributed by atoms with Crippen molar-refractivity contribution in [1.82, 2.24) is 14.9 Å². The maximum atomic E-state index is 5.64. The monoisotopic (exact) mass is 237 g/mol. The second-order valence-corrected chi connectivity index (χ2v) is 5.49. The zero-order chi connectivity index (χ0) is 12.4. The number of aromatic nitrogens is 2. The highest BCUT2D eigenvalue weighted by Crippen LogP contribution is 2.32. The van der Waals surface area contributed by atoms with Crippen molar-refractivity contribution in [1.29, 1.82) is 0 Å². The van der Waals surface area contributed by atoms with Crippen LogP contribution < -0.4 is 0 Å². The highest BCUT2D eigenvalue weighted by Gasteiger charge is 2.36. The molecule has 4 nitrogen and oxygen atoms in total. The summed E-state index contributed by atoms with van der Waals surface area (Å²) in [6.07, 6.45) is 3.72. The maximum absolute atomic E-state index is 5.64. The van der Waals surface area contributed by atoms with Crippen LogP contribution in [0.4, 0.5) is 0 Å². The Bertz CT molecular complexity index is 334. The van der Waals surface area contributed by atoms with E-state index in [2.05, 4.69) is 42.6 Å². The van der Waals surface area contributed by atoms with Crippen LogP contribution in [-0.2, 0) is 4.74 Å². The first-order valence-electron chi connectivity index (χ1n) is 6.44. The Morgan fingerprint density at radius 3 is 2.71 bits per heavy atom. The van der Waals surface area contributed by atoms with Crippen molar-refractivity contribution < 1.29 is 4.74 Å². The number of hydrogen-bond acceptors (Lipinski definition) is 3. The fourth-order valence-corrected chi connectivity index (χ4v) is 2.63. The summed E-state index contributed by atoms with van der Waals surface area (Å²) in [7, 11) is 0. The molecular weight excluding hydrogens is 214 g/mol. The van der Waals surface area contributed by atoms with E-state index in [0.29, 0.717) is 30.7 Å². The van der Waals surface area contributed by atoms with Gasteiger partial charge in [0, 0.05) is 18.4 Å². The van der Waals surface area contributed by atoms with Crippen LogP contribution in [0.3, 0.4) is 0 Å².